The molecule has 0 spiro atoms. The molecular weight excluding hydrogens is 509 g/mol. The van der Waals surface area contributed by atoms with Crippen LogP contribution in [0.25, 0.3) is 10.6 Å². The van der Waals surface area contributed by atoms with Crippen molar-refractivity contribution in [1.29, 1.82) is 5.26 Å². The van der Waals surface area contributed by atoms with Gasteiger partial charge in [-0.3, -0.25) is 4.79 Å². The number of hydrogen-bond acceptors (Lipinski definition) is 9. The van der Waals surface area contributed by atoms with Crippen LogP contribution in [-0.2, 0) is 16.6 Å². The topological polar surface area (TPSA) is 116 Å². The van der Waals surface area contributed by atoms with Gasteiger partial charge in [0, 0.05) is 27.2 Å². The van der Waals surface area contributed by atoms with Gasteiger partial charge in [0.25, 0.3) is 5.91 Å². The smallest absolute Gasteiger partial charge is 0.284 e. The number of nitriles is 1. The van der Waals surface area contributed by atoms with Gasteiger partial charge in [-0.25, -0.2) is 27.5 Å². The van der Waals surface area contributed by atoms with Crippen molar-refractivity contribution in [2.24, 2.45) is 0 Å². The van der Waals surface area contributed by atoms with E-state index in [9.17, 15) is 17.6 Å². The van der Waals surface area contributed by atoms with Gasteiger partial charge in [-0.1, -0.05) is 0 Å². The third-order valence-electron chi connectivity index (χ3n) is 4.78. The molecule has 0 aliphatic carbocycles. The van der Waals surface area contributed by atoms with Gasteiger partial charge in [-0.05, 0) is 55.5 Å². The minimum Gasteiger partial charge on any atom is -0.313 e. The molecule has 0 saturated carbocycles. The molecule has 1 N–H and O–H groups in total. The van der Waals surface area contributed by atoms with Crippen molar-refractivity contribution < 1.29 is 17.6 Å². The fourth-order valence-electron chi connectivity index (χ4n) is 3.17. The van der Waals surface area contributed by atoms with E-state index in [0.717, 1.165) is 27.4 Å². The van der Waals surface area contributed by atoms with Crippen molar-refractivity contribution in [3.63, 3.8) is 0 Å². The predicted octanol–water partition coefficient (Wildman–Crippen LogP) is 4.61. The Hall–Kier alpha value is -3.66. The zero-order chi connectivity index (χ0) is 25.2. The number of nitrogens with zero attached hydrogens (tertiary/aromatic N) is 4. The number of benzene rings is 2. The van der Waals surface area contributed by atoms with Gasteiger partial charge >= 0.3 is 0 Å². The first-order chi connectivity index (χ1) is 16.6. The molecule has 12 heteroatoms. The molecule has 0 atom stereocenters. The first-order valence-corrected chi connectivity index (χ1v) is 13.6. The van der Waals surface area contributed by atoms with Crippen LogP contribution in [0.5, 0.6) is 0 Å². The van der Waals surface area contributed by atoms with Crippen LogP contribution in [0.1, 0.15) is 25.8 Å². The molecule has 2 aromatic heterocycles. The number of aryl methyl sites for hydroxylation is 1. The zero-order valence-corrected chi connectivity index (χ0v) is 21.0. The second kappa shape index (κ2) is 9.91. The van der Waals surface area contributed by atoms with Crippen molar-refractivity contribution in [1.82, 2.24) is 14.7 Å². The van der Waals surface area contributed by atoms with Crippen LogP contribution in [0.4, 0.5) is 15.2 Å². The molecule has 1 amide bonds. The van der Waals surface area contributed by atoms with E-state index >= 15 is 0 Å². The average molecular weight is 528 g/mol. The summed E-state index contributed by atoms with van der Waals surface area (Å²) in [5, 5.41) is 10.3. The van der Waals surface area contributed by atoms with Crippen molar-refractivity contribution in [2.45, 2.75) is 13.5 Å². The summed E-state index contributed by atoms with van der Waals surface area (Å²) in [6.45, 7) is 2.04. The van der Waals surface area contributed by atoms with Crippen LogP contribution in [0.15, 0.2) is 54.7 Å². The fraction of sp³-hybridized carbons (Fsp3) is 0.130. The number of thiazole rings is 2. The van der Waals surface area contributed by atoms with E-state index in [1.807, 2.05) is 9.62 Å². The number of rotatable bonds is 7. The molecule has 0 aliphatic rings. The number of carbonyl (C=O) groups is 1. The van der Waals surface area contributed by atoms with Gasteiger partial charge in [0.1, 0.15) is 16.5 Å². The number of halogens is 1. The minimum atomic E-state index is -3.74. The highest BCUT2D eigenvalue weighted by Crippen LogP contribution is 2.35. The van der Waals surface area contributed by atoms with Gasteiger partial charge < -0.3 is 4.90 Å². The lowest BCUT2D eigenvalue weighted by Gasteiger charge is -2.21. The predicted molar refractivity (Wildman–Crippen MR) is 134 cm³/mol. The molecule has 0 aliphatic heterocycles. The SMILES string of the molecule is Cc1sc(N(Cc2cnc(-c3ccc(F)cc3)s2)c2ccc(C#N)cc2)nc1C(=O)NS(C)(=O)=O. The maximum absolute atomic E-state index is 13.3. The summed E-state index contributed by atoms with van der Waals surface area (Å²) in [5.41, 5.74) is 2.03. The Morgan fingerprint density at radius 3 is 2.46 bits per heavy atom. The third-order valence-corrected chi connectivity index (χ3v) is 7.36. The second-order valence-electron chi connectivity index (χ2n) is 7.49. The van der Waals surface area contributed by atoms with Crippen LogP contribution < -0.4 is 9.62 Å². The summed E-state index contributed by atoms with van der Waals surface area (Å²) in [4.78, 5) is 24.6. The van der Waals surface area contributed by atoms with Crippen LogP contribution in [0.2, 0.25) is 0 Å². The van der Waals surface area contributed by atoms with Crippen LogP contribution in [-0.4, -0.2) is 30.5 Å². The van der Waals surface area contributed by atoms with Crippen LogP contribution >= 0.6 is 22.7 Å². The van der Waals surface area contributed by atoms with E-state index in [1.54, 1.807) is 49.5 Å². The van der Waals surface area contributed by atoms with E-state index in [0.29, 0.717) is 22.1 Å². The van der Waals surface area contributed by atoms with Gasteiger partial charge in [0.05, 0.1) is 24.4 Å². The van der Waals surface area contributed by atoms with E-state index < -0.39 is 15.9 Å². The number of sulfonamides is 1. The Morgan fingerprint density at radius 2 is 1.83 bits per heavy atom. The lowest BCUT2D eigenvalue weighted by Crippen LogP contribution is -2.30. The van der Waals surface area contributed by atoms with E-state index in [4.69, 9.17) is 5.26 Å². The Kier molecular flexibility index (Phi) is 6.93. The highest BCUT2D eigenvalue weighted by Gasteiger charge is 2.23. The van der Waals surface area contributed by atoms with Crippen molar-refractivity contribution in [3.8, 4) is 16.6 Å². The van der Waals surface area contributed by atoms with E-state index in [2.05, 4.69) is 16.0 Å². The minimum absolute atomic E-state index is 0.0189. The van der Waals surface area contributed by atoms with Crippen molar-refractivity contribution in [2.75, 3.05) is 11.2 Å². The first kappa shape index (κ1) is 24.5. The van der Waals surface area contributed by atoms with E-state index in [1.165, 1.54) is 34.8 Å². The highest BCUT2D eigenvalue weighted by atomic mass is 32.2. The van der Waals surface area contributed by atoms with Gasteiger partial charge in [-0.2, -0.15) is 5.26 Å². The Morgan fingerprint density at radius 1 is 1.14 bits per heavy atom. The number of hydrogen-bond donors (Lipinski definition) is 1. The third kappa shape index (κ3) is 5.89. The average Bonchev–Trinajstić information content (AvgIpc) is 3.43. The van der Waals surface area contributed by atoms with Crippen molar-refractivity contribution >= 4 is 49.4 Å². The molecule has 4 aromatic rings. The van der Waals surface area contributed by atoms with Gasteiger partial charge in [0.15, 0.2) is 5.13 Å². The molecule has 0 saturated heterocycles. The molecule has 0 unspecified atom stereocenters. The molecule has 4 rings (SSSR count). The molecule has 178 valence electrons. The second-order valence-corrected chi connectivity index (χ2v) is 11.5. The lowest BCUT2D eigenvalue weighted by atomic mass is 10.2. The summed E-state index contributed by atoms with van der Waals surface area (Å²) in [7, 11) is -3.74. The number of amides is 1. The number of anilines is 2. The van der Waals surface area contributed by atoms with Crippen LogP contribution in [0.3, 0.4) is 0 Å². The zero-order valence-electron chi connectivity index (χ0n) is 18.5. The standard InChI is InChI=1S/C23H18FN5O3S3/c1-14-20(21(30)28-35(2,31)32)27-23(33-14)29(18-9-3-15(11-25)4-10-18)13-19-12-26-22(34-19)16-5-7-17(24)8-6-16/h3-10,12H,13H2,1-2H3,(H,28,30). The molecule has 0 fully saturated rings. The highest BCUT2D eigenvalue weighted by molar-refractivity contribution is 7.89. The molecule has 2 aromatic carbocycles. The van der Waals surface area contributed by atoms with Gasteiger partial charge in [0.2, 0.25) is 10.0 Å². The first-order valence-electron chi connectivity index (χ1n) is 10.1. The molecule has 35 heavy (non-hydrogen) atoms. The monoisotopic (exact) mass is 527 g/mol. The lowest BCUT2D eigenvalue weighted by molar-refractivity contribution is 0.0977. The Balaban J connectivity index is 1.69. The van der Waals surface area contributed by atoms with Gasteiger partial charge in [-0.15, -0.1) is 22.7 Å². The van der Waals surface area contributed by atoms with Crippen LogP contribution in [0, 0.1) is 24.1 Å². The number of carbonyl (C=O) groups excluding carboxylic acids is 1. The molecular formula is C23H18FN5O3S3. The largest absolute Gasteiger partial charge is 0.313 e. The summed E-state index contributed by atoms with van der Waals surface area (Å²) >= 11 is 2.68. The molecule has 2 heterocycles. The normalized spacial score (nSPS) is 11.1. The summed E-state index contributed by atoms with van der Waals surface area (Å²) in [5.74, 6) is -1.13. The van der Waals surface area contributed by atoms with E-state index in [-0.39, 0.29) is 11.5 Å². The molecule has 8 nitrogen and oxygen atoms in total. The maximum atomic E-state index is 13.3. The number of nitrogens with one attached hydrogen (secondary N) is 1. The quantitative estimate of drug-likeness (QED) is 0.373. The molecule has 0 radical (unpaired) electrons. The summed E-state index contributed by atoms with van der Waals surface area (Å²) in [6.07, 6.45) is 2.62. The van der Waals surface area contributed by atoms with Crippen molar-refractivity contribution in [3.05, 3.63) is 81.6 Å². The summed E-state index contributed by atoms with van der Waals surface area (Å²) < 4.78 is 38.2. The molecule has 0 bridgehead atoms. The number of aromatic nitrogens is 2. The summed E-state index contributed by atoms with van der Waals surface area (Å²) in [6, 6.07) is 15.1. The maximum Gasteiger partial charge on any atom is 0.284 e. The Labute approximate surface area is 209 Å². The fourth-order valence-corrected chi connectivity index (χ4v) is 5.44. The Bertz CT molecular complexity index is 1520.